The maximum absolute atomic E-state index is 11.6. The van der Waals surface area contributed by atoms with E-state index in [1.165, 1.54) is 13.1 Å². The van der Waals surface area contributed by atoms with Crippen molar-refractivity contribution in [1.29, 1.82) is 0 Å². The van der Waals surface area contributed by atoms with E-state index in [9.17, 15) is 14.4 Å². The Bertz CT molecular complexity index is 563. The predicted molar refractivity (Wildman–Crippen MR) is 74.5 cm³/mol. The molecule has 1 rings (SSSR count). The quantitative estimate of drug-likeness (QED) is 0.675. The molecule has 0 atom stereocenters. The van der Waals surface area contributed by atoms with E-state index in [2.05, 4.69) is 16.0 Å². The molecular formula is C11H11Cl2N3O4. The molecule has 0 aliphatic carbocycles. The van der Waals surface area contributed by atoms with E-state index in [-0.39, 0.29) is 27.8 Å². The largest absolute Gasteiger partial charge is 0.478 e. The third-order valence-corrected chi connectivity index (χ3v) is 2.73. The number of urea groups is 1. The number of hydrogen-bond acceptors (Lipinski definition) is 3. The fourth-order valence-corrected chi connectivity index (χ4v) is 1.82. The summed E-state index contributed by atoms with van der Waals surface area (Å²) in [6, 6.07) is 1.69. The van der Waals surface area contributed by atoms with E-state index >= 15 is 0 Å². The molecule has 20 heavy (non-hydrogen) atoms. The second-order valence-electron chi connectivity index (χ2n) is 3.60. The van der Waals surface area contributed by atoms with E-state index in [1.54, 1.807) is 0 Å². The Kier molecular flexibility index (Phi) is 5.60. The van der Waals surface area contributed by atoms with Crippen molar-refractivity contribution in [2.24, 2.45) is 0 Å². The highest BCUT2D eigenvalue weighted by atomic mass is 35.5. The first-order valence-corrected chi connectivity index (χ1v) is 6.08. The summed E-state index contributed by atoms with van der Waals surface area (Å²) in [5.41, 5.74) is -0.351. The van der Waals surface area contributed by atoms with Gasteiger partial charge in [-0.1, -0.05) is 23.2 Å². The number of amides is 3. The number of carbonyl (C=O) groups is 3. The number of hydrogen-bond donors (Lipinski definition) is 4. The Hall–Kier alpha value is -1.99. The van der Waals surface area contributed by atoms with Gasteiger partial charge in [-0.15, -0.1) is 0 Å². The van der Waals surface area contributed by atoms with Crippen molar-refractivity contribution in [2.45, 2.75) is 0 Å². The summed E-state index contributed by atoms with van der Waals surface area (Å²) in [6.45, 7) is -0.254. The molecule has 0 saturated heterocycles. The van der Waals surface area contributed by atoms with Crippen LogP contribution in [-0.2, 0) is 4.79 Å². The van der Waals surface area contributed by atoms with Crippen LogP contribution in [0.2, 0.25) is 10.0 Å². The molecule has 9 heteroatoms. The van der Waals surface area contributed by atoms with Gasteiger partial charge in [0.25, 0.3) is 0 Å². The average molecular weight is 320 g/mol. The molecule has 0 fully saturated rings. The van der Waals surface area contributed by atoms with E-state index < -0.39 is 17.9 Å². The van der Waals surface area contributed by atoms with Crippen LogP contribution in [0.1, 0.15) is 10.4 Å². The fraction of sp³-hybridized carbons (Fsp3) is 0.182. The highest BCUT2D eigenvalue weighted by Crippen LogP contribution is 2.30. The van der Waals surface area contributed by atoms with E-state index in [4.69, 9.17) is 28.3 Å². The lowest BCUT2D eigenvalue weighted by Gasteiger charge is -2.11. The molecule has 0 spiro atoms. The Morgan fingerprint density at radius 2 is 1.90 bits per heavy atom. The monoisotopic (exact) mass is 319 g/mol. The molecule has 7 nitrogen and oxygen atoms in total. The Morgan fingerprint density at radius 3 is 2.45 bits per heavy atom. The molecule has 0 aromatic heterocycles. The van der Waals surface area contributed by atoms with Crippen LogP contribution in [0.5, 0.6) is 0 Å². The van der Waals surface area contributed by atoms with E-state index in [0.29, 0.717) is 0 Å². The third-order valence-electron chi connectivity index (χ3n) is 2.21. The van der Waals surface area contributed by atoms with Crippen LogP contribution in [0.3, 0.4) is 0 Å². The number of halogens is 2. The first-order chi connectivity index (χ1) is 9.35. The normalized spacial score (nSPS) is 9.75. The SMILES string of the molecule is CNC(=O)CNC(=O)Nc1c(Cl)cc(Cl)cc1C(=O)O. The number of aromatic carboxylic acids is 1. The third kappa shape index (κ3) is 4.29. The lowest BCUT2D eigenvalue weighted by Crippen LogP contribution is -2.37. The summed E-state index contributed by atoms with van der Waals surface area (Å²) in [5, 5.41) is 16.0. The zero-order chi connectivity index (χ0) is 15.3. The second kappa shape index (κ2) is 6.97. The fourth-order valence-electron chi connectivity index (χ4n) is 1.28. The number of anilines is 1. The Balaban J connectivity index is 2.89. The topological polar surface area (TPSA) is 108 Å². The molecule has 0 aliphatic rings. The summed E-state index contributed by atoms with van der Waals surface area (Å²) in [7, 11) is 1.42. The van der Waals surface area contributed by atoms with Crippen molar-refractivity contribution >= 4 is 46.8 Å². The molecule has 0 aliphatic heterocycles. The molecule has 108 valence electrons. The number of carboxylic acid groups (broad SMARTS) is 1. The molecule has 1 aromatic carbocycles. The number of rotatable bonds is 4. The van der Waals surface area contributed by atoms with Crippen LogP contribution >= 0.6 is 23.2 Å². The van der Waals surface area contributed by atoms with Gasteiger partial charge in [-0.25, -0.2) is 9.59 Å². The van der Waals surface area contributed by atoms with Gasteiger partial charge in [0.2, 0.25) is 5.91 Å². The van der Waals surface area contributed by atoms with Gasteiger partial charge in [0.05, 0.1) is 22.8 Å². The minimum absolute atomic E-state index is 0.0232. The summed E-state index contributed by atoms with van der Waals surface area (Å²) >= 11 is 11.5. The van der Waals surface area contributed by atoms with Crippen molar-refractivity contribution in [3.05, 3.63) is 27.7 Å². The Labute approximate surface area is 124 Å². The number of carbonyl (C=O) groups excluding carboxylic acids is 2. The van der Waals surface area contributed by atoms with Crippen molar-refractivity contribution in [1.82, 2.24) is 10.6 Å². The Morgan fingerprint density at radius 1 is 1.25 bits per heavy atom. The maximum Gasteiger partial charge on any atom is 0.337 e. The lowest BCUT2D eigenvalue weighted by molar-refractivity contribution is -0.119. The average Bonchev–Trinajstić information content (AvgIpc) is 2.38. The smallest absolute Gasteiger partial charge is 0.337 e. The molecule has 0 saturated carbocycles. The molecule has 1 aromatic rings. The van der Waals surface area contributed by atoms with Crippen molar-refractivity contribution in [3.63, 3.8) is 0 Å². The standard InChI is InChI=1S/C11H11Cl2N3O4/c1-14-8(17)4-15-11(20)16-9-6(10(18)19)2-5(12)3-7(9)13/h2-3H,4H2,1H3,(H,14,17)(H,18,19)(H2,15,16,20). The molecular weight excluding hydrogens is 309 g/mol. The predicted octanol–water partition coefficient (Wildman–Crippen LogP) is 1.56. The van der Waals surface area contributed by atoms with Crippen molar-refractivity contribution in [2.75, 3.05) is 18.9 Å². The van der Waals surface area contributed by atoms with Crippen molar-refractivity contribution < 1.29 is 19.5 Å². The summed E-state index contributed by atoms with van der Waals surface area (Å²) < 4.78 is 0. The molecule has 4 N–H and O–H groups in total. The van der Waals surface area contributed by atoms with Gasteiger partial charge in [0.1, 0.15) is 0 Å². The van der Waals surface area contributed by atoms with Crippen LogP contribution in [-0.4, -0.2) is 36.6 Å². The number of likely N-dealkylation sites (N-methyl/N-ethyl adjacent to an activating group) is 1. The lowest BCUT2D eigenvalue weighted by atomic mass is 10.2. The molecule has 0 heterocycles. The van der Waals surface area contributed by atoms with Crippen LogP contribution in [0.4, 0.5) is 10.5 Å². The van der Waals surface area contributed by atoms with Gasteiger partial charge >= 0.3 is 12.0 Å². The first kappa shape index (κ1) is 16.1. The highest BCUT2D eigenvalue weighted by Gasteiger charge is 2.17. The minimum atomic E-state index is -1.30. The van der Waals surface area contributed by atoms with Gasteiger partial charge < -0.3 is 21.1 Å². The zero-order valence-corrected chi connectivity index (χ0v) is 11.8. The summed E-state index contributed by atoms with van der Waals surface area (Å²) in [6.07, 6.45) is 0. The van der Waals surface area contributed by atoms with Gasteiger partial charge in [-0.05, 0) is 12.1 Å². The van der Waals surface area contributed by atoms with Gasteiger partial charge in [-0.2, -0.15) is 0 Å². The second-order valence-corrected chi connectivity index (χ2v) is 4.44. The molecule has 0 unspecified atom stereocenters. The van der Waals surface area contributed by atoms with E-state index in [0.717, 1.165) is 6.07 Å². The molecule has 3 amide bonds. The highest BCUT2D eigenvalue weighted by molar-refractivity contribution is 6.37. The van der Waals surface area contributed by atoms with Gasteiger partial charge in [0.15, 0.2) is 0 Å². The van der Waals surface area contributed by atoms with Crippen LogP contribution in [0.15, 0.2) is 12.1 Å². The number of benzene rings is 1. The first-order valence-electron chi connectivity index (χ1n) is 5.33. The van der Waals surface area contributed by atoms with Gasteiger partial charge in [-0.3, -0.25) is 4.79 Å². The maximum atomic E-state index is 11.6. The van der Waals surface area contributed by atoms with Crippen molar-refractivity contribution in [3.8, 4) is 0 Å². The summed E-state index contributed by atoms with van der Waals surface area (Å²) in [5.74, 6) is -1.70. The summed E-state index contributed by atoms with van der Waals surface area (Å²) in [4.78, 5) is 33.6. The van der Waals surface area contributed by atoms with Crippen LogP contribution < -0.4 is 16.0 Å². The number of nitrogens with one attached hydrogen (secondary N) is 3. The van der Waals surface area contributed by atoms with Gasteiger partial charge in [0, 0.05) is 12.1 Å². The molecule has 0 bridgehead atoms. The number of carboxylic acids is 1. The zero-order valence-electron chi connectivity index (χ0n) is 10.3. The van der Waals surface area contributed by atoms with E-state index in [1.807, 2.05) is 0 Å². The van der Waals surface area contributed by atoms with Crippen LogP contribution in [0, 0.1) is 0 Å². The minimum Gasteiger partial charge on any atom is -0.478 e. The molecule has 0 radical (unpaired) electrons. The van der Waals surface area contributed by atoms with Crippen LogP contribution in [0.25, 0.3) is 0 Å².